The number of hydrogen-bond donors (Lipinski definition) is 0. The fraction of sp³-hybridized carbons (Fsp3) is 0.444. The average molecular weight is 524 g/mol. The van der Waals surface area contributed by atoms with Gasteiger partial charge in [-0.15, -0.1) is 0 Å². The molecule has 4 amide bonds. The molecule has 38 heavy (non-hydrogen) atoms. The molecule has 3 heterocycles. The Bertz CT molecular complexity index is 1270. The molecule has 0 N–H and O–H groups in total. The summed E-state index contributed by atoms with van der Waals surface area (Å²) >= 11 is 0. The van der Waals surface area contributed by atoms with Gasteiger partial charge in [-0.05, 0) is 48.7 Å². The van der Waals surface area contributed by atoms with Crippen LogP contribution in [0.3, 0.4) is 0 Å². The van der Waals surface area contributed by atoms with Gasteiger partial charge in [-0.1, -0.05) is 13.8 Å². The van der Waals surface area contributed by atoms with Crippen LogP contribution < -0.4 is 9.80 Å². The van der Waals surface area contributed by atoms with Crippen molar-refractivity contribution in [2.75, 3.05) is 42.5 Å². The highest BCUT2D eigenvalue weighted by Crippen LogP contribution is 2.48. The Morgan fingerprint density at radius 1 is 0.974 bits per heavy atom. The van der Waals surface area contributed by atoms with Crippen molar-refractivity contribution >= 4 is 34.9 Å². The summed E-state index contributed by atoms with van der Waals surface area (Å²) in [6, 6.07) is 9.36. The number of nitrogens with zero attached hydrogens (tertiary/aromatic N) is 5. The summed E-state index contributed by atoms with van der Waals surface area (Å²) in [5, 5.41) is 11.6. The predicted octanol–water partition coefficient (Wildman–Crippen LogP) is 3.58. The molecule has 0 saturated carbocycles. The van der Waals surface area contributed by atoms with E-state index in [-0.39, 0.29) is 37.6 Å². The van der Waals surface area contributed by atoms with Gasteiger partial charge in [0, 0.05) is 62.7 Å². The molecule has 3 aliphatic heterocycles. The number of halogens is 1. The van der Waals surface area contributed by atoms with Crippen molar-refractivity contribution in [2.45, 2.75) is 39.2 Å². The molecule has 2 fully saturated rings. The number of amides is 4. The normalized spacial score (nSPS) is 20.6. The van der Waals surface area contributed by atoms with Crippen molar-refractivity contribution in [3.05, 3.63) is 64.0 Å². The lowest BCUT2D eigenvalue weighted by molar-refractivity contribution is -0.384. The zero-order chi connectivity index (χ0) is 27.2. The summed E-state index contributed by atoms with van der Waals surface area (Å²) in [6.07, 6.45) is 1.01. The second-order valence-corrected chi connectivity index (χ2v) is 10.0. The quantitative estimate of drug-likeness (QED) is 0.324. The molecule has 0 aromatic heterocycles. The van der Waals surface area contributed by atoms with E-state index in [0.717, 1.165) is 11.4 Å². The molecule has 0 aliphatic carbocycles. The van der Waals surface area contributed by atoms with Crippen molar-refractivity contribution in [2.24, 2.45) is 5.41 Å². The first-order valence-corrected chi connectivity index (χ1v) is 12.9. The third-order valence-electron chi connectivity index (χ3n) is 7.80. The molecule has 2 saturated heterocycles. The zero-order valence-electron chi connectivity index (χ0n) is 21.4. The summed E-state index contributed by atoms with van der Waals surface area (Å²) in [7, 11) is 0. The minimum absolute atomic E-state index is 0.0478. The second kappa shape index (κ2) is 9.70. The molecule has 0 bridgehead atoms. The number of carbonyl (C=O) groups excluding carboxylic acids is 3. The fourth-order valence-electron chi connectivity index (χ4n) is 6.08. The van der Waals surface area contributed by atoms with Gasteiger partial charge in [-0.25, -0.2) is 9.18 Å². The zero-order valence-corrected chi connectivity index (χ0v) is 21.4. The highest BCUT2D eigenvalue weighted by Gasteiger charge is 2.64. The largest absolute Gasteiger partial charge is 0.368 e. The minimum Gasteiger partial charge on any atom is -0.368 e. The molecule has 2 aromatic rings. The Labute approximate surface area is 219 Å². The summed E-state index contributed by atoms with van der Waals surface area (Å²) in [6.45, 7) is 5.31. The Morgan fingerprint density at radius 2 is 1.61 bits per heavy atom. The monoisotopic (exact) mass is 523 g/mol. The SMILES string of the molecule is CCCN1C(=O)N(CCC)C(=O)C2(Cc3cc([N+](=O)[O-])ccc3N3CCN(c4ccc(F)cc4)C[C@H]32)C1=O. The van der Waals surface area contributed by atoms with Gasteiger partial charge in [0.1, 0.15) is 5.82 Å². The summed E-state index contributed by atoms with van der Waals surface area (Å²) in [5.41, 5.74) is 0.281. The van der Waals surface area contributed by atoms with Gasteiger partial charge in [0.25, 0.3) is 5.69 Å². The van der Waals surface area contributed by atoms with E-state index in [1.807, 2.05) is 23.6 Å². The number of nitro benzene ring substituents is 1. The van der Waals surface area contributed by atoms with Crippen molar-refractivity contribution in [1.29, 1.82) is 0 Å². The van der Waals surface area contributed by atoms with Crippen LogP contribution in [0.2, 0.25) is 0 Å². The first-order chi connectivity index (χ1) is 18.2. The summed E-state index contributed by atoms with van der Waals surface area (Å²) < 4.78 is 13.6. The number of anilines is 2. The standard InChI is InChI=1S/C27H30FN5O5/c1-3-11-31-24(34)27(25(35)32(12-4-2)26(31)36)16-18-15-21(33(37)38)9-10-22(18)30-14-13-29(17-23(27)30)20-7-5-19(28)6-8-20/h5-10,15,23H,3-4,11-14,16-17H2,1-2H3/t23-/m0/s1. The van der Waals surface area contributed by atoms with Crippen LogP contribution in [0, 0.1) is 21.3 Å². The average Bonchev–Trinajstić information content (AvgIpc) is 2.92. The Kier molecular flexibility index (Phi) is 6.54. The maximum Gasteiger partial charge on any atom is 0.333 e. The van der Waals surface area contributed by atoms with Gasteiger partial charge in [-0.3, -0.25) is 29.5 Å². The van der Waals surface area contributed by atoms with Gasteiger partial charge < -0.3 is 9.80 Å². The predicted molar refractivity (Wildman–Crippen MR) is 138 cm³/mol. The molecule has 2 aromatic carbocycles. The highest BCUT2D eigenvalue weighted by atomic mass is 19.1. The third-order valence-corrected chi connectivity index (χ3v) is 7.80. The highest BCUT2D eigenvalue weighted by molar-refractivity contribution is 6.20. The topological polar surface area (TPSA) is 107 Å². The molecular weight excluding hydrogens is 493 g/mol. The van der Waals surface area contributed by atoms with Gasteiger partial charge >= 0.3 is 6.03 Å². The number of benzene rings is 2. The van der Waals surface area contributed by atoms with E-state index in [1.54, 1.807) is 18.2 Å². The van der Waals surface area contributed by atoms with E-state index in [4.69, 9.17) is 0 Å². The number of carbonyl (C=O) groups is 3. The van der Waals surface area contributed by atoms with Crippen LogP contribution in [-0.4, -0.2) is 71.3 Å². The van der Waals surface area contributed by atoms with E-state index >= 15 is 0 Å². The molecule has 5 rings (SSSR count). The maximum absolute atomic E-state index is 14.3. The molecule has 1 spiro atoms. The molecule has 0 unspecified atom stereocenters. The molecular formula is C27H30FN5O5. The molecule has 0 radical (unpaired) electrons. The molecule has 11 heteroatoms. The molecule has 1 atom stereocenters. The number of hydrogen-bond acceptors (Lipinski definition) is 7. The number of urea groups is 1. The number of barbiturate groups is 1. The van der Waals surface area contributed by atoms with Crippen molar-refractivity contribution in [1.82, 2.24) is 9.80 Å². The van der Waals surface area contributed by atoms with Gasteiger partial charge in [0.15, 0.2) is 5.41 Å². The van der Waals surface area contributed by atoms with E-state index in [9.17, 15) is 28.9 Å². The van der Waals surface area contributed by atoms with Crippen molar-refractivity contribution < 1.29 is 23.7 Å². The van der Waals surface area contributed by atoms with E-state index < -0.39 is 34.2 Å². The first kappa shape index (κ1) is 25.6. The maximum atomic E-state index is 14.3. The number of nitro groups is 1. The van der Waals surface area contributed by atoms with Crippen LogP contribution in [0.5, 0.6) is 0 Å². The fourth-order valence-corrected chi connectivity index (χ4v) is 6.08. The van der Waals surface area contributed by atoms with Gasteiger partial charge in [0.05, 0.1) is 11.0 Å². The number of imide groups is 2. The number of piperazine rings is 1. The first-order valence-electron chi connectivity index (χ1n) is 12.9. The second-order valence-electron chi connectivity index (χ2n) is 10.0. The minimum atomic E-state index is -1.64. The number of rotatable bonds is 6. The van der Waals surface area contributed by atoms with Crippen LogP contribution in [0.1, 0.15) is 32.3 Å². The lowest BCUT2D eigenvalue weighted by atomic mass is 9.67. The molecule has 3 aliphatic rings. The summed E-state index contributed by atoms with van der Waals surface area (Å²) in [4.78, 5) is 59.2. The lowest BCUT2D eigenvalue weighted by Crippen LogP contribution is -2.75. The molecule has 10 nitrogen and oxygen atoms in total. The smallest absolute Gasteiger partial charge is 0.333 e. The van der Waals surface area contributed by atoms with Crippen molar-refractivity contribution in [3.8, 4) is 0 Å². The van der Waals surface area contributed by atoms with E-state index in [1.165, 1.54) is 34.1 Å². The number of non-ortho nitro benzene ring substituents is 1. The Balaban J connectivity index is 1.67. The van der Waals surface area contributed by atoms with Crippen LogP contribution >= 0.6 is 0 Å². The summed E-state index contributed by atoms with van der Waals surface area (Å²) in [5.74, 6) is -1.48. The van der Waals surface area contributed by atoms with E-state index in [2.05, 4.69) is 0 Å². The molecule has 200 valence electrons. The lowest BCUT2D eigenvalue weighted by Gasteiger charge is -2.57. The third kappa shape index (κ3) is 3.88. The van der Waals surface area contributed by atoms with Gasteiger partial charge in [0.2, 0.25) is 11.8 Å². The Morgan fingerprint density at radius 3 is 2.18 bits per heavy atom. The van der Waals surface area contributed by atoms with Crippen LogP contribution in [0.25, 0.3) is 0 Å². The van der Waals surface area contributed by atoms with Crippen LogP contribution in [-0.2, 0) is 16.0 Å². The van der Waals surface area contributed by atoms with E-state index in [0.29, 0.717) is 31.5 Å². The van der Waals surface area contributed by atoms with Crippen molar-refractivity contribution in [3.63, 3.8) is 0 Å². The van der Waals surface area contributed by atoms with Crippen LogP contribution in [0.4, 0.5) is 26.2 Å². The van der Waals surface area contributed by atoms with Gasteiger partial charge in [-0.2, -0.15) is 0 Å². The Hall–Kier alpha value is -4.02. The van der Waals surface area contributed by atoms with Crippen LogP contribution in [0.15, 0.2) is 42.5 Å². The number of fused-ring (bicyclic) bond motifs is 4.